The predicted octanol–water partition coefficient (Wildman–Crippen LogP) is 4.07. The lowest BCUT2D eigenvalue weighted by atomic mass is 9.82. The molecule has 0 radical (unpaired) electrons. The van der Waals surface area contributed by atoms with E-state index in [0.29, 0.717) is 11.2 Å². The second-order valence-electron chi connectivity index (χ2n) is 4.37. The SMILES string of the molecule is SCc1ccccc1C1CCCC(S)C1. The lowest BCUT2D eigenvalue weighted by molar-refractivity contribution is 0.454. The standard InChI is InChI=1S/C13H18S2/c14-9-11-4-1-2-7-13(11)10-5-3-6-12(15)8-10/h1-2,4,7,10,12,14-15H,3,5-6,8-9H2. The minimum absolute atomic E-state index is 0.594. The topological polar surface area (TPSA) is 0 Å². The maximum atomic E-state index is 4.62. The van der Waals surface area contributed by atoms with Crippen molar-refractivity contribution in [2.75, 3.05) is 0 Å². The van der Waals surface area contributed by atoms with Gasteiger partial charge >= 0.3 is 0 Å². The summed E-state index contributed by atoms with van der Waals surface area (Å²) in [4.78, 5) is 0. The third-order valence-electron chi connectivity index (χ3n) is 3.31. The maximum Gasteiger partial charge on any atom is 0.0157 e. The van der Waals surface area contributed by atoms with Crippen molar-refractivity contribution >= 4 is 25.3 Å². The average molecular weight is 238 g/mol. The summed E-state index contributed by atoms with van der Waals surface area (Å²) in [5, 5.41) is 0.594. The summed E-state index contributed by atoms with van der Waals surface area (Å²) >= 11 is 9.02. The Morgan fingerprint density at radius 3 is 2.73 bits per heavy atom. The molecule has 1 aliphatic carbocycles. The van der Waals surface area contributed by atoms with E-state index in [2.05, 4.69) is 49.5 Å². The van der Waals surface area contributed by atoms with Crippen LogP contribution in [0.3, 0.4) is 0 Å². The highest BCUT2D eigenvalue weighted by Crippen LogP contribution is 2.36. The molecule has 2 atom stereocenters. The maximum absolute atomic E-state index is 4.62. The van der Waals surface area contributed by atoms with Crippen LogP contribution in [-0.4, -0.2) is 5.25 Å². The van der Waals surface area contributed by atoms with Gasteiger partial charge in [-0.3, -0.25) is 0 Å². The summed E-state index contributed by atoms with van der Waals surface area (Å²) in [5.74, 6) is 1.56. The normalized spacial score (nSPS) is 26.5. The lowest BCUT2D eigenvalue weighted by Gasteiger charge is -2.27. The summed E-state index contributed by atoms with van der Waals surface area (Å²) in [6.45, 7) is 0. The molecule has 1 aromatic rings. The Hall–Kier alpha value is -0.0800. The van der Waals surface area contributed by atoms with Gasteiger partial charge in [-0.15, -0.1) is 0 Å². The van der Waals surface area contributed by atoms with Crippen LogP contribution in [0.25, 0.3) is 0 Å². The molecule has 1 saturated carbocycles. The summed E-state index contributed by atoms with van der Waals surface area (Å²) in [6, 6.07) is 8.72. The lowest BCUT2D eigenvalue weighted by Crippen LogP contribution is -2.15. The minimum atomic E-state index is 0.594. The van der Waals surface area contributed by atoms with Gasteiger partial charge in [-0.1, -0.05) is 30.7 Å². The van der Waals surface area contributed by atoms with Gasteiger partial charge in [0.25, 0.3) is 0 Å². The van der Waals surface area contributed by atoms with Gasteiger partial charge in [0.15, 0.2) is 0 Å². The van der Waals surface area contributed by atoms with Crippen molar-refractivity contribution in [1.82, 2.24) is 0 Å². The smallest absolute Gasteiger partial charge is 0.0157 e. The number of hydrogen-bond acceptors (Lipinski definition) is 2. The monoisotopic (exact) mass is 238 g/mol. The Morgan fingerprint density at radius 1 is 1.20 bits per heavy atom. The van der Waals surface area contributed by atoms with Gasteiger partial charge in [-0.25, -0.2) is 0 Å². The second-order valence-corrected chi connectivity index (χ2v) is 5.42. The molecule has 82 valence electrons. The molecule has 15 heavy (non-hydrogen) atoms. The Bertz CT molecular complexity index is 322. The van der Waals surface area contributed by atoms with Crippen LogP contribution in [0.15, 0.2) is 24.3 Å². The zero-order chi connectivity index (χ0) is 10.7. The van der Waals surface area contributed by atoms with E-state index in [-0.39, 0.29) is 0 Å². The Balaban J connectivity index is 2.20. The molecule has 0 aliphatic heterocycles. The third kappa shape index (κ3) is 2.73. The van der Waals surface area contributed by atoms with Crippen LogP contribution in [0, 0.1) is 0 Å². The van der Waals surface area contributed by atoms with E-state index in [1.807, 2.05) is 0 Å². The molecule has 1 fully saturated rings. The molecular weight excluding hydrogens is 220 g/mol. The minimum Gasteiger partial charge on any atom is -0.176 e. The molecule has 0 spiro atoms. The van der Waals surface area contributed by atoms with Crippen LogP contribution >= 0.6 is 25.3 Å². The van der Waals surface area contributed by atoms with Crippen molar-refractivity contribution < 1.29 is 0 Å². The molecule has 2 rings (SSSR count). The van der Waals surface area contributed by atoms with E-state index in [9.17, 15) is 0 Å². The fraction of sp³-hybridized carbons (Fsp3) is 0.538. The molecule has 2 heteroatoms. The summed E-state index contributed by atoms with van der Waals surface area (Å²) < 4.78 is 0. The fourth-order valence-electron chi connectivity index (χ4n) is 2.52. The average Bonchev–Trinajstić information content (AvgIpc) is 2.29. The molecule has 0 bridgehead atoms. The molecule has 1 aromatic carbocycles. The first kappa shape index (κ1) is 11.4. The van der Waals surface area contributed by atoms with Crippen molar-refractivity contribution in [1.29, 1.82) is 0 Å². The van der Waals surface area contributed by atoms with E-state index < -0.39 is 0 Å². The second kappa shape index (κ2) is 5.31. The summed E-state index contributed by atoms with van der Waals surface area (Å²) in [6.07, 6.45) is 5.15. The Morgan fingerprint density at radius 2 is 2.00 bits per heavy atom. The van der Waals surface area contributed by atoms with E-state index >= 15 is 0 Å². The fourth-order valence-corrected chi connectivity index (χ4v) is 3.25. The first-order valence-electron chi connectivity index (χ1n) is 5.68. The van der Waals surface area contributed by atoms with Gasteiger partial charge in [0.1, 0.15) is 0 Å². The quantitative estimate of drug-likeness (QED) is 0.713. The molecule has 0 amide bonds. The highest BCUT2D eigenvalue weighted by molar-refractivity contribution is 7.81. The van der Waals surface area contributed by atoms with Crippen LogP contribution in [-0.2, 0) is 5.75 Å². The van der Waals surface area contributed by atoms with Crippen LogP contribution in [0.1, 0.15) is 42.7 Å². The van der Waals surface area contributed by atoms with Crippen molar-refractivity contribution in [2.45, 2.75) is 42.6 Å². The molecule has 0 nitrogen and oxygen atoms in total. The third-order valence-corrected chi connectivity index (χ3v) is 4.12. The largest absolute Gasteiger partial charge is 0.176 e. The van der Waals surface area contributed by atoms with Crippen LogP contribution in [0.4, 0.5) is 0 Å². The molecule has 0 N–H and O–H groups in total. The molecule has 0 saturated heterocycles. The van der Waals surface area contributed by atoms with E-state index in [0.717, 1.165) is 5.75 Å². The first-order chi connectivity index (χ1) is 7.31. The van der Waals surface area contributed by atoms with Gasteiger partial charge in [-0.2, -0.15) is 25.3 Å². The molecule has 2 unspecified atom stereocenters. The van der Waals surface area contributed by atoms with Crippen molar-refractivity contribution in [3.8, 4) is 0 Å². The zero-order valence-corrected chi connectivity index (χ0v) is 10.7. The molecule has 0 aromatic heterocycles. The van der Waals surface area contributed by atoms with E-state index in [1.54, 1.807) is 0 Å². The number of rotatable bonds is 2. The van der Waals surface area contributed by atoms with E-state index in [1.165, 1.54) is 36.8 Å². The highest BCUT2D eigenvalue weighted by Gasteiger charge is 2.22. The van der Waals surface area contributed by atoms with Crippen molar-refractivity contribution in [3.05, 3.63) is 35.4 Å². The van der Waals surface area contributed by atoms with E-state index in [4.69, 9.17) is 0 Å². The zero-order valence-electron chi connectivity index (χ0n) is 8.89. The highest BCUT2D eigenvalue weighted by atomic mass is 32.1. The Labute approximate surface area is 103 Å². The van der Waals surface area contributed by atoms with Crippen LogP contribution in [0.2, 0.25) is 0 Å². The van der Waals surface area contributed by atoms with Gasteiger partial charge in [-0.05, 0) is 36.3 Å². The summed E-state index contributed by atoms with van der Waals surface area (Å²) in [5.41, 5.74) is 2.90. The number of thiol groups is 2. The molecule has 1 aliphatic rings. The van der Waals surface area contributed by atoms with Gasteiger partial charge < -0.3 is 0 Å². The molecular formula is C13H18S2. The predicted molar refractivity (Wildman–Crippen MR) is 73.1 cm³/mol. The Kier molecular flexibility index (Phi) is 4.04. The van der Waals surface area contributed by atoms with Gasteiger partial charge in [0.05, 0.1) is 0 Å². The first-order valence-corrected chi connectivity index (χ1v) is 6.83. The van der Waals surface area contributed by atoms with Gasteiger partial charge in [0, 0.05) is 11.0 Å². The molecule has 0 heterocycles. The number of benzene rings is 1. The van der Waals surface area contributed by atoms with Crippen LogP contribution < -0.4 is 0 Å². The van der Waals surface area contributed by atoms with Crippen molar-refractivity contribution in [2.24, 2.45) is 0 Å². The van der Waals surface area contributed by atoms with Crippen LogP contribution in [0.5, 0.6) is 0 Å². The van der Waals surface area contributed by atoms with Crippen molar-refractivity contribution in [3.63, 3.8) is 0 Å². The van der Waals surface area contributed by atoms with Gasteiger partial charge in [0.2, 0.25) is 0 Å². The number of hydrogen-bond donors (Lipinski definition) is 2. The summed E-state index contributed by atoms with van der Waals surface area (Å²) in [7, 11) is 0.